The number of Topliss-reactive ketones (excluding diaryl/α,β-unsaturated/α-hetero) is 1. The number of anilines is 1. The summed E-state index contributed by atoms with van der Waals surface area (Å²) in [5, 5.41) is 16.6. The highest BCUT2D eigenvalue weighted by Gasteiger charge is 2.55. The van der Waals surface area contributed by atoms with Gasteiger partial charge < -0.3 is 25.0 Å². The van der Waals surface area contributed by atoms with Crippen molar-refractivity contribution in [3.05, 3.63) is 72.3 Å². The van der Waals surface area contributed by atoms with Crippen molar-refractivity contribution in [3.8, 4) is 5.75 Å². The van der Waals surface area contributed by atoms with E-state index in [2.05, 4.69) is 41.4 Å². The first-order valence-corrected chi connectivity index (χ1v) is 19.8. The van der Waals surface area contributed by atoms with Crippen LogP contribution in [-0.2, 0) is 20.8 Å². The Morgan fingerprint density at radius 1 is 0.827 bits per heavy atom. The predicted octanol–water partition coefficient (Wildman–Crippen LogP) is 6.42. The minimum Gasteiger partial charge on any atom is -0.495 e. The number of nitrogens with one attached hydrogen (secondary N) is 1. The Morgan fingerprint density at radius 3 is 2.27 bits per heavy atom. The number of piperazine rings is 1. The lowest BCUT2D eigenvalue weighted by molar-refractivity contribution is -0.144. The fourth-order valence-corrected chi connectivity index (χ4v) is 11.4. The third-order valence-corrected chi connectivity index (χ3v) is 13.6. The van der Waals surface area contributed by atoms with Crippen LogP contribution in [0.25, 0.3) is 10.8 Å². The topological polar surface area (TPSA) is 99.2 Å². The van der Waals surface area contributed by atoms with E-state index in [1.165, 1.54) is 19.3 Å². The third kappa shape index (κ3) is 6.95. The Bertz CT molecular complexity index is 1790. The molecule has 52 heavy (non-hydrogen) atoms. The Morgan fingerprint density at radius 2 is 1.52 bits per heavy atom. The lowest BCUT2D eigenvalue weighted by Gasteiger charge is -2.46. The standard InChI is InChI=1S/C44H55N3O5/c1-28-25-44(26-30-17-31(27-44)20-34(28)19-30)41(49)35-22-36(24-37(48)23-35)42(50)45-38(21-29-11-12-32-7-3-4-8-33(32)18-29)43(51)47-15-13-46(14-16-47)39-9-5-6-10-40(39)52-2/h3-12,18,28,30-31,34-38,48H,13-17,19-27H2,1-2H3,(H,45,50)/t28?,30?,31?,34?,35-,36?,37+,38?,44?/m1/s1. The second-order valence-electron chi connectivity index (χ2n) is 17.1. The summed E-state index contributed by atoms with van der Waals surface area (Å²) in [5.74, 6) is 2.52. The quantitative estimate of drug-likeness (QED) is 0.267. The summed E-state index contributed by atoms with van der Waals surface area (Å²) in [5.41, 5.74) is 1.69. The predicted molar refractivity (Wildman–Crippen MR) is 203 cm³/mol. The maximum absolute atomic E-state index is 14.6. The Kier molecular flexibility index (Phi) is 9.79. The van der Waals surface area contributed by atoms with Crippen LogP contribution < -0.4 is 15.0 Å². The number of fused-ring (bicyclic) bond motifs is 2. The smallest absolute Gasteiger partial charge is 0.245 e. The van der Waals surface area contributed by atoms with Gasteiger partial charge in [-0.05, 0) is 110 Å². The number of hydrogen-bond acceptors (Lipinski definition) is 6. The summed E-state index contributed by atoms with van der Waals surface area (Å²) >= 11 is 0. The van der Waals surface area contributed by atoms with Crippen LogP contribution in [0.5, 0.6) is 5.75 Å². The van der Waals surface area contributed by atoms with Gasteiger partial charge in [-0.15, -0.1) is 0 Å². The number of aliphatic hydroxyl groups is 1. The molecule has 8 heteroatoms. The molecule has 0 aromatic heterocycles. The van der Waals surface area contributed by atoms with E-state index < -0.39 is 18.1 Å². The molecule has 0 radical (unpaired) electrons. The minimum absolute atomic E-state index is 0.0938. The number of nitrogens with zero attached hydrogens (tertiary/aromatic N) is 2. The zero-order valence-electron chi connectivity index (χ0n) is 30.8. The number of hydrogen-bond donors (Lipinski definition) is 2. The van der Waals surface area contributed by atoms with Crippen molar-refractivity contribution in [3.63, 3.8) is 0 Å². The van der Waals surface area contributed by atoms with E-state index in [-0.39, 0.29) is 23.1 Å². The van der Waals surface area contributed by atoms with Gasteiger partial charge in [0.2, 0.25) is 11.8 Å². The normalized spacial score (nSPS) is 31.9. The first-order chi connectivity index (χ1) is 25.2. The minimum atomic E-state index is -0.758. The molecule has 3 aromatic rings. The van der Waals surface area contributed by atoms with Crippen LogP contribution in [0.1, 0.15) is 70.3 Å². The van der Waals surface area contributed by atoms with Crippen molar-refractivity contribution in [1.82, 2.24) is 10.2 Å². The molecule has 6 aliphatic rings. The van der Waals surface area contributed by atoms with Gasteiger partial charge in [0.15, 0.2) is 0 Å². The van der Waals surface area contributed by atoms with Gasteiger partial charge in [0.1, 0.15) is 17.6 Å². The summed E-state index contributed by atoms with van der Waals surface area (Å²) in [6.07, 6.45) is 7.57. The van der Waals surface area contributed by atoms with E-state index in [1.54, 1.807) is 7.11 Å². The van der Waals surface area contributed by atoms with E-state index >= 15 is 0 Å². The highest BCUT2D eigenvalue weighted by Crippen LogP contribution is 2.60. The molecule has 3 aromatic carbocycles. The van der Waals surface area contributed by atoms with Crippen LogP contribution >= 0.6 is 0 Å². The van der Waals surface area contributed by atoms with Gasteiger partial charge in [0.05, 0.1) is 18.9 Å². The number of rotatable bonds is 9. The number of carbonyl (C=O) groups is 3. The number of aliphatic hydroxyl groups excluding tert-OH is 1. The van der Waals surface area contributed by atoms with Gasteiger partial charge in [-0.2, -0.15) is 0 Å². The summed E-state index contributed by atoms with van der Waals surface area (Å²) in [6.45, 7) is 4.72. The molecule has 1 aliphatic heterocycles. The number of ketones is 1. The summed E-state index contributed by atoms with van der Waals surface area (Å²) in [4.78, 5) is 47.3. The SMILES string of the molecule is COc1ccccc1N1CCN(C(=O)C(Cc2ccc3ccccc3c2)NC(=O)C2C[C@@H](O)C[C@H](C(=O)C34CC5CC(CC(C5)C(C)C3)C4)C2)CC1. The first kappa shape index (κ1) is 35.1. The van der Waals surface area contributed by atoms with Crippen molar-refractivity contribution in [2.45, 2.75) is 83.3 Å². The maximum atomic E-state index is 14.6. The van der Waals surface area contributed by atoms with Crippen LogP contribution in [0.15, 0.2) is 66.7 Å². The molecule has 7 atom stereocenters. The third-order valence-electron chi connectivity index (χ3n) is 13.6. The number of para-hydroxylation sites is 2. The number of methoxy groups -OCH3 is 1. The zero-order chi connectivity index (χ0) is 36.0. The summed E-state index contributed by atoms with van der Waals surface area (Å²) < 4.78 is 5.60. The van der Waals surface area contributed by atoms with E-state index in [4.69, 9.17) is 4.74 Å². The van der Waals surface area contributed by atoms with Gasteiger partial charge in [-0.3, -0.25) is 14.4 Å². The average molecular weight is 706 g/mol. The molecule has 5 unspecified atom stereocenters. The molecular formula is C44H55N3O5. The van der Waals surface area contributed by atoms with Gasteiger partial charge in [0, 0.05) is 49.9 Å². The molecule has 276 valence electrons. The molecule has 8 nitrogen and oxygen atoms in total. The van der Waals surface area contributed by atoms with Gasteiger partial charge in [0.25, 0.3) is 0 Å². The zero-order valence-corrected chi connectivity index (χ0v) is 30.8. The molecular weight excluding hydrogens is 650 g/mol. The second kappa shape index (κ2) is 14.5. The van der Waals surface area contributed by atoms with Crippen molar-refractivity contribution in [1.29, 1.82) is 0 Å². The van der Waals surface area contributed by atoms with Crippen LogP contribution in [0.3, 0.4) is 0 Å². The number of benzene rings is 3. The maximum Gasteiger partial charge on any atom is 0.245 e. The molecule has 2 amide bonds. The fraction of sp³-hybridized carbons (Fsp3) is 0.568. The molecule has 5 aliphatic carbocycles. The van der Waals surface area contributed by atoms with Crippen molar-refractivity contribution in [2.75, 3.05) is 38.2 Å². The molecule has 1 saturated heterocycles. The van der Waals surface area contributed by atoms with Gasteiger partial charge in [-0.1, -0.05) is 61.5 Å². The molecule has 4 bridgehead atoms. The van der Waals surface area contributed by atoms with Crippen LogP contribution in [0.4, 0.5) is 5.69 Å². The highest BCUT2D eigenvalue weighted by molar-refractivity contribution is 5.91. The van der Waals surface area contributed by atoms with E-state index in [0.717, 1.165) is 53.0 Å². The van der Waals surface area contributed by atoms with Crippen LogP contribution in [0, 0.1) is 40.9 Å². The van der Waals surface area contributed by atoms with Crippen molar-refractivity contribution < 1.29 is 24.2 Å². The van der Waals surface area contributed by atoms with E-state index in [9.17, 15) is 19.5 Å². The van der Waals surface area contributed by atoms with Crippen molar-refractivity contribution >= 4 is 34.1 Å². The van der Waals surface area contributed by atoms with E-state index in [0.29, 0.717) is 75.4 Å². The van der Waals surface area contributed by atoms with Crippen LogP contribution in [-0.4, -0.2) is 73.0 Å². The molecule has 9 rings (SSSR count). The molecule has 1 heterocycles. The Hall–Kier alpha value is -3.91. The summed E-state index contributed by atoms with van der Waals surface area (Å²) in [7, 11) is 1.67. The van der Waals surface area contributed by atoms with Crippen LogP contribution in [0.2, 0.25) is 0 Å². The number of ether oxygens (including phenoxy) is 1. The second-order valence-corrected chi connectivity index (χ2v) is 17.1. The van der Waals surface area contributed by atoms with Gasteiger partial charge >= 0.3 is 0 Å². The first-order valence-electron chi connectivity index (χ1n) is 19.8. The largest absolute Gasteiger partial charge is 0.495 e. The summed E-state index contributed by atoms with van der Waals surface area (Å²) in [6, 6.07) is 21.6. The van der Waals surface area contributed by atoms with Gasteiger partial charge in [-0.25, -0.2) is 0 Å². The van der Waals surface area contributed by atoms with E-state index in [1.807, 2.05) is 47.4 Å². The monoisotopic (exact) mass is 705 g/mol. The Labute approximate surface area is 308 Å². The fourth-order valence-electron chi connectivity index (χ4n) is 11.4. The number of carbonyl (C=O) groups excluding carboxylic acids is 3. The highest BCUT2D eigenvalue weighted by atomic mass is 16.5. The molecule has 5 saturated carbocycles. The lowest BCUT2D eigenvalue weighted by atomic mass is 9.57. The average Bonchev–Trinajstić information content (AvgIpc) is 3.32. The lowest BCUT2D eigenvalue weighted by Crippen LogP contribution is -2.56. The molecule has 6 fully saturated rings. The number of amides is 2. The Balaban J connectivity index is 0.992. The molecule has 2 N–H and O–H groups in total. The van der Waals surface area contributed by atoms with Crippen molar-refractivity contribution in [2.24, 2.45) is 40.9 Å². The molecule has 0 spiro atoms.